The van der Waals surface area contributed by atoms with Crippen LogP contribution in [0.15, 0.2) is 77.7 Å². The molecule has 0 aliphatic carbocycles. The van der Waals surface area contributed by atoms with Crippen molar-refractivity contribution in [2.24, 2.45) is 0 Å². The molecule has 37 heavy (non-hydrogen) atoms. The van der Waals surface area contributed by atoms with E-state index < -0.39 is 15.9 Å². The molecule has 0 bridgehead atoms. The van der Waals surface area contributed by atoms with Crippen LogP contribution >= 0.6 is 0 Å². The number of piperidine rings is 1. The summed E-state index contributed by atoms with van der Waals surface area (Å²) < 4.78 is 34.6. The highest BCUT2D eigenvalue weighted by atomic mass is 32.2. The number of ether oxygens (including phenoxy) is 1. The summed E-state index contributed by atoms with van der Waals surface area (Å²) in [5, 5.41) is 2.91. The van der Waals surface area contributed by atoms with E-state index in [-0.39, 0.29) is 33.7 Å². The maximum atomic E-state index is 13.4. The first-order valence-electron chi connectivity index (χ1n) is 12.2. The Morgan fingerprint density at radius 2 is 1.57 bits per heavy atom. The Morgan fingerprint density at radius 1 is 0.892 bits per heavy atom. The number of nitrogens with one attached hydrogen (secondary N) is 2. The van der Waals surface area contributed by atoms with Gasteiger partial charge in [-0.15, -0.1) is 0 Å². The van der Waals surface area contributed by atoms with E-state index in [4.69, 9.17) is 4.74 Å². The zero-order valence-electron chi connectivity index (χ0n) is 20.9. The number of hydrogen-bond acceptors (Lipinski definition) is 5. The lowest BCUT2D eigenvalue weighted by atomic mass is 10.1. The number of methoxy groups -OCH3 is 1. The first kappa shape index (κ1) is 26.2. The minimum Gasteiger partial charge on any atom is -0.496 e. The fraction of sp³-hybridized carbons (Fsp3) is 0.286. The lowest BCUT2D eigenvalue weighted by Gasteiger charge is -2.27. The van der Waals surface area contributed by atoms with E-state index in [1.807, 2.05) is 37.3 Å². The third-order valence-electron chi connectivity index (χ3n) is 6.42. The lowest BCUT2D eigenvalue weighted by Crippen LogP contribution is -2.35. The Balaban J connectivity index is 1.58. The van der Waals surface area contributed by atoms with Gasteiger partial charge in [-0.1, -0.05) is 42.5 Å². The average molecular weight is 522 g/mol. The van der Waals surface area contributed by atoms with Gasteiger partial charge < -0.3 is 15.0 Å². The summed E-state index contributed by atoms with van der Waals surface area (Å²) in [5.41, 5.74) is 1.44. The average Bonchev–Trinajstić information content (AvgIpc) is 2.93. The van der Waals surface area contributed by atoms with Crippen molar-refractivity contribution in [3.63, 3.8) is 0 Å². The molecule has 1 aliphatic rings. The number of benzene rings is 3. The van der Waals surface area contributed by atoms with Crippen molar-refractivity contribution in [2.75, 3.05) is 24.9 Å². The molecule has 0 aromatic heterocycles. The summed E-state index contributed by atoms with van der Waals surface area (Å²) in [7, 11) is -2.67. The molecule has 1 saturated heterocycles. The van der Waals surface area contributed by atoms with Crippen molar-refractivity contribution in [1.82, 2.24) is 10.2 Å². The number of hydrogen-bond donors (Lipinski definition) is 2. The van der Waals surface area contributed by atoms with Crippen LogP contribution in [0.3, 0.4) is 0 Å². The predicted octanol–water partition coefficient (Wildman–Crippen LogP) is 4.61. The maximum absolute atomic E-state index is 13.4. The summed E-state index contributed by atoms with van der Waals surface area (Å²) in [6.45, 7) is 3.11. The number of rotatable bonds is 8. The number of likely N-dealkylation sites (tertiary alicyclic amines) is 1. The van der Waals surface area contributed by atoms with Crippen LogP contribution in [-0.2, 0) is 10.0 Å². The van der Waals surface area contributed by atoms with Gasteiger partial charge in [0, 0.05) is 13.1 Å². The Morgan fingerprint density at radius 3 is 2.27 bits per heavy atom. The topological polar surface area (TPSA) is 105 Å². The van der Waals surface area contributed by atoms with E-state index in [0.717, 1.165) is 24.8 Å². The molecule has 2 N–H and O–H groups in total. The van der Waals surface area contributed by atoms with Crippen LogP contribution in [0, 0.1) is 0 Å². The quantitative estimate of drug-likeness (QED) is 0.450. The minimum atomic E-state index is -4.12. The number of sulfonamides is 1. The van der Waals surface area contributed by atoms with Gasteiger partial charge in [-0.2, -0.15) is 0 Å². The second-order valence-corrected chi connectivity index (χ2v) is 10.7. The monoisotopic (exact) mass is 521 g/mol. The molecule has 0 radical (unpaired) electrons. The van der Waals surface area contributed by atoms with Crippen LogP contribution in [-0.4, -0.2) is 45.3 Å². The van der Waals surface area contributed by atoms with Crippen molar-refractivity contribution in [1.29, 1.82) is 0 Å². The van der Waals surface area contributed by atoms with Crippen LogP contribution in [0.5, 0.6) is 5.75 Å². The van der Waals surface area contributed by atoms with Gasteiger partial charge in [-0.3, -0.25) is 14.3 Å². The summed E-state index contributed by atoms with van der Waals surface area (Å²) in [6, 6.07) is 19.8. The number of carbonyl (C=O) groups excluding carboxylic acids is 2. The van der Waals surface area contributed by atoms with Crippen LogP contribution in [0.4, 0.5) is 5.69 Å². The molecule has 1 fully saturated rings. The number of amides is 2. The molecule has 2 amide bonds. The van der Waals surface area contributed by atoms with Gasteiger partial charge in [0.15, 0.2) is 0 Å². The van der Waals surface area contributed by atoms with E-state index in [9.17, 15) is 18.0 Å². The summed E-state index contributed by atoms with van der Waals surface area (Å²) in [5.74, 6) is -0.363. The predicted molar refractivity (Wildman–Crippen MR) is 142 cm³/mol. The van der Waals surface area contributed by atoms with Gasteiger partial charge >= 0.3 is 0 Å². The maximum Gasteiger partial charge on any atom is 0.261 e. The van der Waals surface area contributed by atoms with Crippen molar-refractivity contribution in [3.05, 3.63) is 89.5 Å². The van der Waals surface area contributed by atoms with E-state index >= 15 is 0 Å². The van der Waals surface area contributed by atoms with Gasteiger partial charge in [0.05, 0.1) is 34.9 Å². The largest absolute Gasteiger partial charge is 0.496 e. The molecule has 194 valence electrons. The highest BCUT2D eigenvalue weighted by Crippen LogP contribution is 2.27. The smallest absolute Gasteiger partial charge is 0.261 e. The van der Waals surface area contributed by atoms with Gasteiger partial charge in [0.2, 0.25) is 0 Å². The van der Waals surface area contributed by atoms with Crippen molar-refractivity contribution in [2.45, 2.75) is 37.1 Å². The second-order valence-electron chi connectivity index (χ2n) is 8.97. The van der Waals surface area contributed by atoms with Crippen molar-refractivity contribution in [3.8, 4) is 5.75 Å². The third kappa shape index (κ3) is 6.11. The SMILES string of the molecule is COc1ccc(S(=O)(=O)Nc2ccccc2C(=O)N[C@@H](C)c2ccccc2)cc1C(=O)N1CCCCC1. The highest BCUT2D eigenvalue weighted by Gasteiger charge is 2.25. The van der Waals surface area contributed by atoms with Crippen LogP contribution < -0.4 is 14.8 Å². The fourth-order valence-corrected chi connectivity index (χ4v) is 5.47. The molecule has 0 spiro atoms. The van der Waals surface area contributed by atoms with Crippen LogP contribution in [0.25, 0.3) is 0 Å². The highest BCUT2D eigenvalue weighted by molar-refractivity contribution is 7.92. The Bertz CT molecular complexity index is 1370. The standard InChI is InChI=1S/C28H31N3O5S/c1-20(21-11-5-3-6-12-21)29-27(32)23-13-7-8-14-25(23)30-37(34,35)22-15-16-26(36-2)24(19-22)28(33)31-17-9-4-10-18-31/h3,5-8,11-16,19-20,30H,4,9-10,17-18H2,1-2H3,(H,29,32)/t20-/m0/s1. The Labute approximate surface area is 217 Å². The number of para-hydroxylation sites is 1. The molecular formula is C28H31N3O5S. The Kier molecular flexibility index (Phi) is 8.13. The number of anilines is 1. The summed E-state index contributed by atoms with van der Waals surface area (Å²) >= 11 is 0. The van der Waals surface area contributed by atoms with Crippen molar-refractivity contribution < 1.29 is 22.7 Å². The normalized spacial score (nSPS) is 14.5. The van der Waals surface area contributed by atoms with Gasteiger partial charge in [0.1, 0.15) is 5.75 Å². The molecule has 0 saturated carbocycles. The zero-order valence-corrected chi connectivity index (χ0v) is 21.8. The molecule has 3 aromatic rings. The third-order valence-corrected chi connectivity index (χ3v) is 7.78. The molecular weight excluding hydrogens is 490 g/mol. The second kappa shape index (κ2) is 11.5. The first-order valence-corrected chi connectivity index (χ1v) is 13.7. The molecule has 0 unspecified atom stereocenters. The molecule has 1 atom stereocenters. The fourth-order valence-electron chi connectivity index (χ4n) is 4.36. The van der Waals surface area contributed by atoms with E-state index in [1.165, 1.54) is 31.4 Å². The molecule has 8 nitrogen and oxygen atoms in total. The van der Waals surface area contributed by atoms with Gasteiger partial charge in [-0.25, -0.2) is 8.42 Å². The summed E-state index contributed by atoms with van der Waals surface area (Å²) in [6.07, 6.45) is 2.89. The minimum absolute atomic E-state index is 0.0958. The molecule has 1 aliphatic heterocycles. The number of nitrogens with zero attached hydrogens (tertiary/aromatic N) is 1. The number of carbonyl (C=O) groups is 2. The van der Waals surface area contributed by atoms with E-state index in [0.29, 0.717) is 18.8 Å². The molecule has 1 heterocycles. The molecule has 9 heteroatoms. The van der Waals surface area contributed by atoms with E-state index in [1.54, 1.807) is 23.1 Å². The van der Waals surface area contributed by atoms with Crippen LogP contribution in [0.1, 0.15) is 58.5 Å². The van der Waals surface area contributed by atoms with Crippen molar-refractivity contribution >= 4 is 27.5 Å². The van der Waals surface area contributed by atoms with E-state index in [2.05, 4.69) is 10.0 Å². The molecule has 4 rings (SSSR count). The molecule has 3 aromatic carbocycles. The summed E-state index contributed by atoms with van der Waals surface area (Å²) in [4.78, 5) is 27.8. The Hall–Kier alpha value is -3.85. The van der Waals surface area contributed by atoms with Crippen LogP contribution in [0.2, 0.25) is 0 Å². The van der Waals surface area contributed by atoms with Gasteiger partial charge in [0.25, 0.3) is 21.8 Å². The lowest BCUT2D eigenvalue weighted by molar-refractivity contribution is 0.0720. The zero-order chi connectivity index (χ0) is 26.4. The first-order chi connectivity index (χ1) is 17.8. The van der Waals surface area contributed by atoms with Gasteiger partial charge in [-0.05, 0) is 62.1 Å².